The van der Waals surface area contributed by atoms with Gasteiger partial charge in [0.2, 0.25) is 0 Å². The zero-order chi connectivity index (χ0) is 21.0. The molecule has 1 atom stereocenters. The van der Waals surface area contributed by atoms with Gasteiger partial charge in [-0.25, -0.2) is 18.4 Å². The first-order chi connectivity index (χ1) is 13.8. The molecule has 0 saturated carbocycles. The van der Waals surface area contributed by atoms with Gasteiger partial charge in [-0.2, -0.15) is 0 Å². The van der Waals surface area contributed by atoms with Crippen LogP contribution >= 0.6 is 11.3 Å². The predicted octanol–water partition coefficient (Wildman–Crippen LogP) is 2.28. The smallest absolute Gasteiger partial charge is 0.290 e. The van der Waals surface area contributed by atoms with Crippen LogP contribution in [0.3, 0.4) is 0 Å². The van der Waals surface area contributed by atoms with Crippen LogP contribution in [0.1, 0.15) is 22.6 Å². The number of hydrogen-bond donors (Lipinski definition) is 2. The molecule has 0 aliphatic carbocycles. The van der Waals surface area contributed by atoms with Crippen molar-refractivity contribution in [2.75, 3.05) is 11.5 Å². The normalized spacial score (nSPS) is 17.3. The number of carbonyl (C=O) groups is 2. The quantitative estimate of drug-likeness (QED) is 0.607. The highest BCUT2D eigenvalue weighted by atomic mass is 32.2. The molecule has 2 N–H and O–H groups in total. The molecule has 0 bridgehead atoms. The van der Waals surface area contributed by atoms with Crippen LogP contribution in [0.25, 0.3) is 21.5 Å². The first kappa shape index (κ1) is 20.9. The minimum absolute atomic E-state index is 0.0212. The van der Waals surface area contributed by atoms with Gasteiger partial charge in [0, 0.05) is 17.2 Å². The molecule has 0 radical (unpaired) electrons. The molecule has 3 heterocycles. The lowest BCUT2D eigenvalue weighted by Crippen LogP contribution is -2.35. The second-order valence-electron chi connectivity index (χ2n) is 6.51. The lowest BCUT2D eigenvalue weighted by Gasteiger charge is -2.11. The lowest BCUT2D eigenvalue weighted by molar-refractivity contribution is -0.122. The highest BCUT2D eigenvalue weighted by Gasteiger charge is 2.29. The maximum absolute atomic E-state index is 12.4. The molecule has 4 rings (SSSR count). The van der Waals surface area contributed by atoms with Gasteiger partial charge in [-0.05, 0) is 36.9 Å². The molecule has 1 aliphatic heterocycles. The Kier molecular flexibility index (Phi) is 6.23. The maximum atomic E-state index is 12.4. The summed E-state index contributed by atoms with van der Waals surface area (Å²) in [5.41, 5.74) is 3.20. The van der Waals surface area contributed by atoms with Crippen molar-refractivity contribution in [2.24, 2.45) is 0 Å². The van der Waals surface area contributed by atoms with E-state index >= 15 is 0 Å². The van der Waals surface area contributed by atoms with Gasteiger partial charge in [0.15, 0.2) is 9.84 Å². The van der Waals surface area contributed by atoms with E-state index in [0.717, 1.165) is 21.5 Å². The van der Waals surface area contributed by atoms with Crippen LogP contribution in [0, 0.1) is 6.92 Å². The Hall–Kier alpha value is -2.85. The third kappa shape index (κ3) is 4.96. The number of hydrogen-bond acceptors (Lipinski definition) is 7. The summed E-state index contributed by atoms with van der Waals surface area (Å²) in [6, 6.07) is 8.87. The molecule has 1 aliphatic rings. The summed E-state index contributed by atoms with van der Waals surface area (Å²) in [5.74, 6) is 0.614. The number of nitrogens with one attached hydrogen (secondary N) is 1. The van der Waals surface area contributed by atoms with Crippen LogP contribution in [0.2, 0.25) is 0 Å². The molecule has 1 amide bonds. The number of aromatic nitrogens is 2. The Morgan fingerprint density at radius 2 is 1.93 bits per heavy atom. The number of nitrogens with zero attached hydrogens (tertiary/aromatic N) is 2. The zero-order valence-electron chi connectivity index (χ0n) is 15.5. The largest absolute Gasteiger partial charge is 0.483 e. The molecule has 1 fully saturated rings. The monoisotopic (exact) mass is 433 g/mol. The molecule has 29 heavy (non-hydrogen) atoms. The van der Waals surface area contributed by atoms with Crippen molar-refractivity contribution in [3.63, 3.8) is 0 Å². The minimum atomic E-state index is -3.01. The Morgan fingerprint density at radius 3 is 2.55 bits per heavy atom. The first-order valence-electron chi connectivity index (χ1n) is 8.74. The number of benzene rings is 1. The topological polar surface area (TPSA) is 126 Å². The number of carbonyl (C=O) groups excluding carboxylic acids is 1. The van der Waals surface area contributed by atoms with Gasteiger partial charge in [0.1, 0.15) is 5.82 Å². The van der Waals surface area contributed by atoms with Crippen molar-refractivity contribution in [1.82, 2.24) is 15.3 Å². The van der Waals surface area contributed by atoms with Crippen molar-refractivity contribution in [3.05, 3.63) is 47.1 Å². The van der Waals surface area contributed by atoms with E-state index in [0.29, 0.717) is 17.8 Å². The highest BCUT2D eigenvalue weighted by molar-refractivity contribution is 7.91. The average molecular weight is 434 g/mol. The van der Waals surface area contributed by atoms with Crippen LogP contribution in [0.15, 0.2) is 35.7 Å². The van der Waals surface area contributed by atoms with E-state index in [4.69, 9.17) is 9.90 Å². The third-order valence-corrected chi connectivity index (χ3v) is 7.08. The Labute approximate surface area is 171 Å². The summed E-state index contributed by atoms with van der Waals surface area (Å²) in [7, 11) is -3.01. The average Bonchev–Trinajstić information content (AvgIpc) is 3.27. The minimum Gasteiger partial charge on any atom is -0.483 e. The number of fused-ring (bicyclic) bond motifs is 1. The van der Waals surface area contributed by atoms with Gasteiger partial charge in [-0.15, -0.1) is 11.3 Å². The van der Waals surface area contributed by atoms with Crippen LogP contribution in [-0.4, -0.2) is 53.4 Å². The number of rotatable bonds is 3. The van der Waals surface area contributed by atoms with Crippen LogP contribution < -0.4 is 5.32 Å². The predicted molar refractivity (Wildman–Crippen MR) is 111 cm³/mol. The van der Waals surface area contributed by atoms with E-state index in [1.807, 2.05) is 30.5 Å². The molecule has 8 nitrogen and oxygen atoms in total. The van der Waals surface area contributed by atoms with Gasteiger partial charge in [0.25, 0.3) is 12.4 Å². The summed E-state index contributed by atoms with van der Waals surface area (Å²) < 4.78 is 24.0. The maximum Gasteiger partial charge on any atom is 0.290 e. The Morgan fingerprint density at radius 1 is 1.24 bits per heavy atom. The number of thiophene rings is 1. The van der Waals surface area contributed by atoms with Crippen LogP contribution in [-0.2, 0) is 14.6 Å². The molecule has 152 valence electrons. The molecule has 1 unspecified atom stereocenters. The fourth-order valence-corrected chi connectivity index (χ4v) is 5.65. The summed E-state index contributed by atoms with van der Waals surface area (Å²) in [5, 5.41) is 11.7. The van der Waals surface area contributed by atoms with E-state index in [9.17, 15) is 13.2 Å². The standard InChI is InChI=1S/C18H17N3O3S2.CH2O2/c1-11-19-15-6-8-25-17(15)16(20-11)12-2-4-13(5-3-12)18(22)21-14-7-9-26(23,24)10-14;2-1-3/h2-6,8,14H,7,9-10H2,1H3,(H,21,22);1H,(H,2,3). The lowest BCUT2D eigenvalue weighted by atomic mass is 10.1. The van der Waals surface area contributed by atoms with E-state index < -0.39 is 9.84 Å². The van der Waals surface area contributed by atoms with E-state index in [-0.39, 0.29) is 29.9 Å². The Bertz CT molecular complexity index is 1140. The van der Waals surface area contributed by atoms with Gasteiger partial charge < -0.3 is 10.4 Å². The molecule has 3 aromatic rings. The fraction of sp³-hybridized carbons (Fsp3) is 0.263. The molecule has 10 heteroatoms. The van der Waals surface area contributed by atoms with Crippen molar-refractivity contribution in [3.8, 4) is 11.3 Å². The fourth-order valence-electron chi connectivity index (χ4n) is 3.13. The number of carboxylic acid groups (broad SMARTS) is 1. The summed E-state index contributed by atoms with van der Waals surface area (Å²) in [6.07, 6.45) is 0.475. The molecule has 2 aromatic heterocycles. The van der Waals surface area contributed by atoms with Gasteiger partial charge >= 0.3 is 0 Å². The van der Waals surface area contributed by atoms with Gasteiger partial charge in [0.05, 0.1) is 27.4 Å². The van der Waals surface area contributed by atoms with E-state index in [2.05, 4.69) is 15.3 Å². The van der Waals surface area contributed by atoms with E-state index in [1.165, 1.54) is 0 Å². The number of sulfone groups is 1. The molecule has 1 aromatic carbocycles. The molecular weight excluding hydrogens is 414 g/mol. The van der Waals surface area contributed by atoms with Crippen LogP contribution in [0.5, 0.6) is 0 Å². The van der Waals surface area contributed by atoms with Crippen molar-refractivity contribution in [2.45, 2.75) is 19.4 Å². The highest BCUT2D eigenvalue weighted by Crippen LogP contribution is 2.30. The van der Waals surface area contributed by atoms with Gasteiger partial charge in [-0.3, -0.25) is 9.59 Å². The van der Waals surface area contributed by atoms with Crippen molar-refractivity contribution >= 4 is 43.8 Å². The molecule has 0 spiro atoms. The molecular formula is C19H19N3O5S2. The molecule has 1 saturated heterocycles. The van der Waals surface area contributed by atoms with Gasteiger partial charge in [-0.1, -0.05) is 12.1 Å². The Balaban J connectivity index is 0.000000755. The van der Waals surface area contributed by atoms with E-state index in [1.54, 1.807) is 23.5 Å². The summed E-state index contributed by atoms with van der Waals surface area (Å²) >= 11 is 1.59. The zero-order valence-corrected chi connectivity index (χ0v) is 17.2. The van der Waals surface area contributed by atoms with Crippen molar-refractivity contribution in [1.29, 1.82) is 0 Å². The van der Waals surface area contributed by atoms with Crippen LogP contribution in [0.4, 0.5) is 0 Å². The first-order valence-corrected chi connectivity index (χ1v) is 11.4. The number of amides is 1. The second-order valence-corrected chi connectivity index (χ2v) is 9.66. The summed E-state index contributed by atoms with van der Waals surface area (Å²) in [4.78, 5) is 29.7. The SMILES string of the molecule is Cc1nc(-c2ccc(C(=O)NC3CCS(=O)(=O)C3)cc2)c2sccc2n1.O=CO. The second kappa shape index (κ2) is 8.66. The third-order valence-electron chi connectivity index (χ3n) is 4.40. The number of aryl methyl sites for hydroxylation is 1. The van der Waals surface area contributed by atoms with Crippen molar-refractivity contribution < 1.29 is 23.1 Å². The summed E-state index contributed by atoms with van der Waals surface area (Å²) in [6.45, 7) is 1.61.